The van der Waals surface area contributed by atoms with E-state index in [0.717, 1.165) is 62.6 Å². The number of nitrogens with one attached hydrogen (secondary N) is 2. The Balaban J connectivity index is 0.00000192. The highest BCUT2D eigenvalue weighted by Crippen LogP contribution is 2.24. The summed E-state index contributed by atoms with van der Waals surface area (Å²) in [6, 6.07) is 0.515. The molecule has 2 fully saturated rings. The van der Waals surface area contributed by atoms with Gasteiger partial charge in [0.1, 0.15) is 0 Å². The van der Waals surface area contributed by atoms with Gasteiger partial charge < -0.3 is 10.2 Å². The van der Waals surface area contributed by atoms with Crippen molar-refractivity contribution in [3.8, 4) is 0 Å². The molecule has 0 radical (unpaired) electrons. The van der Waals surface area contributed by atoms with Crippen LogP contribution in [0.25, 0.3) is 0 Å². The lowest BCUT2D eigenvalue weighted by Gasteiger charge is -2.32. The van der Waals surface area contributed by atoms with Crippen LogP contribution in [-0.4, -0.2) is 71.2 Å². The minimum atomic E-state index is 0. The molecule has 6 nitrogen and oxygen atoms in total. The number of hydrogen-bond donors (Lipinski definition) is 2. The average molecular weight is 342 g/mol. The monoisotopic (exact) mass is 341 g/mol. The van der Waals surface area contributed by atoms with Gasteiger partial charge in [-0.1, -0.05) is 13.8 Å². The molecule has 23 heavy (non-hydrogen) atoms. The molecular formula is C16H28ClN5O. The molecule has 7 heteroatoms. The predicted octanol–water partition coefficient (Wildman–Crippen LogP) is 1.38. The van der Waals surface area contributed by atoms with Crippen molar-refractivity contribution in [3.63, 3.8) is 0 Å². The fourth-order valence-corrected chi connectivity index (χ4v) is 3.57. The van der Waals surface area contributed by atoms with Gasteiger partial charge in [0, 0.05) is 51.0 Å². The van der Waals surface area contributed by atoms with Gasteiger partial charge in [-0.2, -0.15) is 5.10 Å². The standard InChI is InChI=1S/C16H27N5O.ClH/c1-11(2)15-14(12(3)18-19-15)16(22)21-7-4-13(10-21)20-8-5-17-6-9-20;/h11,13,17H,4-10H2,1-3H3,(H,18,19);1H. The Morgan fingerprint density at radius 1 is 1.26 bits per heavy atom. The Hall–Kier alpha value is -1.11. The summed E-state index contributed by atoms with van der Waals surface area (Å²) < 4.78 is 0. The molecule has 0 bridgehead atoms. The third kappa shape index (κ3) is 3.70. The third-order valence-corrected chi connectivity index (χ3v) is 4.85. The van der Waals surface area contributed by atoms with Crippen LogP contribution in [-0.2, 0) is 0 Å². The number of aryl methyl sites for hydroxylation is 1. The molecule has 2 aliphatic heterocycles. The van der Waals surface area contributed by atoms with Crippen LogP contribution in [0.15, 0.2) is 0 Å². The number of piperazine rings is 1. The van der Waals surface area contributed by atoms with E-state index in [4.69, 9.17) is 0 Å². The lowest BCUT2D eigenvalue weighted by Crippen LogP contribution is -2.49. The number of carbonyl (C=O) groups excluding carboxylic acids is 1. The lowest BCUT2D eigenvalue weighted by atomic mass is 10.0. The summed E-state index contributed by atoms with van der Waals surface area (Å²) >= 11 is 0. The first-order valence-corrected chi connectivity index (χ1v) is 8.37. The van der Waals surface area contributed by atoms with E-state index in [1.807, 2.05) is 11.8 Å². The van der Waals surface area contributed by atoms with Crippen molar-refractivity contribution in [2.24, 2.45) is 0 Å². The molecule has 1 aromatic rings. The normalized spacial score (nSPS) is 22.4. The van der Waals surface area contributed by atoms with Crippen LogP contribution in [0.5, 0.6) is 0 Å². The van der Waals surface area contributed by atoms with Gasteiger partial charge in [0.05, 0.1) is 11.3 Å². The number of halogens is 1. The van der Waals surface area contributed by atoms with Gasteiger partial charge in [0.2, 0.25) is 0 Å². The van der Waals surface area contributed by atoms with Crippen LogP contribution < -0.4 is 5.32 Å². The van der Waals surface area contributed by atoms with E-state index >= 15 is 0 Å². The van der Waals surface area contributed by atoms with Gasteiger partial charge in [-0.3, -0.25) is 14.8 Å². The second-order valence-corrected chi connectivity index (χ2v) is 6.74. The van der Waals surface area contributed by atoms with Crippen LogP contribution in [0.3, 0.4) is 0 Å². The molecule has 1 unspecified atom stereocenters. The van der Waals surface area contributed by atoms with Crippen LogP contribution in [0.2, 0.25) is 0 Å². The van der Waals surface area contributed by atoms with Crippen LogP contribution in [0.4, 0.5) is 0 Å². The molecule has 0 saturated carbocycles. The lowest BCUT2D eigenvalue weighted by molar-refractivity contribution is 0.0771. The zero-order valence-corrected chi connectivity index (χ0v) is 15.1. The number of aromatic amines is 1. The van der Waals surface area contributed by atoms with Crippen LogP contribution in [0, 0.1) is 6.92 Å². The van der Waals surface area contributed by atoms with Crippen LogP contribution >= 0.6 is 12.4 Å². The summed E-state index contributed by atoms with van der Waals surface area (Å²) in [5, 5.41) is 10.7. The highest BCUT2D eigenvalue weighted by molar-refractivity contribution is 5.96. The molecule has 130 valence electrons. The van der Waals surface area contributed by atoms with Crippen molar-refractivity contribution in [2.75, 3.05) is 39.3 Å². The quantitative estimate of drug-likeness (QED) is 0.872. The number of nitrogens with zero attached hydrogens (tertiary/aromatic N) is 3. The predicted molar refractivity (Wildman–Crippen MR) is 93.4 cm³/mol. The number of H-pyrrole nitrogens is 1. The zero-order chi connectivity index (χ0) is 15.7. The van der Waals surface area contributed by atoms with Gasteiger partial charge in [0.25, 0.3) is 5.91 Å². The SMILES string of the molecule is Cc1[nH]nc(C(C)C)c1C(=O)N1CCC(N2CCNCC2)C1.Cl. The maximum atomic E-state index is 12.9. The number of amides is 1. The maximum absolute atomic E-state index is 12.9. The number of rotatable bonds is 3. The Kier molecular flexibility index (Phi) is 6.06. The van der Waals surface area contributed by atoms with E-state index < -0.39 is 0 Å². The van der Waals surface area contributed by atoms with Gasteiger partial charge >= 0.3 is 0 Å². The van der Waals surface area contributed by atoms with Crippen molar-refractivity contribution >= 4 is 18.3 Å². The number of hydrogen-bond acceptors (Lipinski definition) is 4. The van der Waals surface area contributed by atoms with Crippen molar-refractivity contribution in [1.82, 2.24) is 25.3 Å². The summed E-state index contributed by atoms with van der Waals surface area (Å²) in [5.74, 6) is 0.406. The molecule has 1 aromatic heterocycles. The van der Waals surface area contributed by atoms with Crippen molar-refractivity contribution in [1.29, 1.82) is 0 Å². The van der Waals surface area contributed by atoms with Crippen LogP contribution in [0.1, 0.15) is 47.9 Å². The molecule has 1 amide bonds. The van der Waals surface area contributed by atoms with Crippen molar-refractivity contribution in [2.45, 2.75) is 39.2 Å². The number of carbonyl (C=O) groups is 1. The second kappa shape index (κ2) is 7.64. The van der Waals surface area contributed by atoms with E-state index in [1.54, 1.807) is 0 Å². The zero-order valence-electron chi connectivity index (χ0n) is 14.3. The molecule has 1 atom stereocenters. The van der Waals surface area contributed by atoms with E-state index in [-0.39, 0.29) is 24.2 Å². The summed E-state index contributed by atoms with van der Waals surface area (Å²) in [5.41, 5.74) is 2.57. The first-order chi connectivity index (χ1) is 10.6. The van der Waals surface area contributed by atoms with E-state index in [0.29, 0.717) is 6.04 Å². The molecule has 2 N–H and O–H groups in total. The largest absolute Gasteiger partial charge is 0.337 e. The first kappa shape index (κ1) is 18.2. The molecule has 3 heterocycles. The van der Waals surface area contributed by atoms with Gasteiger partial charge in [-0.25, -0.2) is 0 Å². The molecular weight excluding hydrogens is 314 g/mol. The smallest absolute Gasteiger partial charge is 0.257 e. The number of aromatic nitrogens is 2. The summed E-state index contributed by atoms with van der Waals surface area (Å²) in [7, 11) is 0. The van der Waals surface area contributed by atoms with Crippen molar-refractivity contribution in [3.05, 3.63) is 17.0 Å². The van der Waals surface area contributed by atoms with Gasteiger partial charge in [-0.05, 0) is 19.3 Å². The Morgan fingerprint density at radius 3 is 2.61 bits per heavy atom. The molecule has 2 saturated heterocycles. The maximum Gasteiger partial charge on any atom is 0.257 e. The number of likely N-dealkylation sites (tertiary alicyclic amines) is 1. The summed E-state index contributed by atoms with van der Waals surface area (Å²) in [6.07, 6.45) is 1.08. The minimum Gasteiger partial charge on any atom is -0.337 e. The highest BCUT2D eigenvalue weighted by atomic mass is 35.5. The fraction of sp³-hybridized carbons (Fsp3) is 0.750. The molecule has 0 aliphatic carbocycles. The first-order valence-electron chi connectivity index (χ1n) is 8.37. The minimum absolute atomic E-state index is 0. The Labute approximate surface area is 144 Å². The summed E-state index contributed by atoms with van der Waals surface area (Å²) in [6.45, 7) is 12.1. The fourth-order valence-electron chi connectivity index (χ4n) is 3.57. The second-order valence-electron chi connectivity index (χ2n) is 6.74. The van der Waals surface area contributed by atoms with E-state index in [1.165, 1.54) is 0 Å². The Morgan fingerprint density at radius 2 is 1.96 bits per heavy atom. The van der Waals surface area contributed by atoms with Crippen molar-refractivity contribution < 1.29 is 4.79 Å². The molecule has 0 spiro atoms. The van der Waals surface area contributed by atoms with Gasteiger partial charge in [0.15, 0.2) is 0 Å². The molecule has 2 aliphatic rings. The average Bonchev–Trinajstić information content (AvgIpc) is 3.14. The van der Waals surface area contributed by atoms with E-state index in [2.05, 4.69) is 34.3 Å². The molecule has 0 aromatic carbocycles. The molecule has 3 rings (SSSR count). The topological polar surface area (TPSA) is 64.3 Å². The highest BCUT2D eigenvalue weighted by Gasteiger charge is 2.33. The summed E-state index contributed by atoms with van der Waals surface area (Å²) in [4.78, 5) is 17.5. The third-order valence-electron chi connectivity index (χ3n) is 4.85. The Bertz CT molecular complexity index is 539. The van der Waals surface area contributed by atoms with Gasteiger partial charge in [-0.15, -0.1) is 12.4 Å². The van der Waals surface area contributed by atoms with E-state index in [9.17, 15) is 4.79 Å².